The Hall–Kier alpha value is -2.66. The molecule has 0 heterocycles. The summed E-state index contributed by atoms with van der Waals surface area (Å²) in [6.07, 6.45) is 0.144. The predicted octanol–water partition coefficient (Wildman–Crippen LogP) is 3.04. The number of nitrogens with one attached hydrogen (secondary N) is 2. The maximum atomic E-state index is 12.7. The highest BCUT2D eigenvalue weighted by molar-refractivity contribution is 5.94. The Balaban J connectivity index is 2.16. The van der Waals surface area contributed by atoms with Crippen LogP contribution in [0.25, 0.3) is 0 Å². The van der Waals surface area contributed by atoms with Gasteiger partial charge in [-0.3, -0.25) is 9.59 Å². The Morgan fingerprint density at radius 3 is 2.07 bits per heavy atom. The lowest BCUT2D eigenvalue weighted by Crippen LogP contribution is -2.55. The predicted molar refractivity (Wildman–Crippen MR) is 108 cm³/mol. The molecule has 0 aliphatic rings. The van der Waals surface area contributed by atoms with E-state index in [0.717, 1.165) is 5.56 Å². The van der Waals surface area contributed by atoms with E-state index in [9.17, 15) is 9.59 Å². The lowest BCUT2D eigenvalue weighted by molar-refractivity contribution is -0.123. The minimum absolute atomic E-state index is 0.140. The fraction of sp³-hybridized carbons (Fsp3) is 0.364. The number of hydrogen-bond donors (Lipinski definition) is 3. The second kappa shape index (κ2) is 9.33. The second-order valence-electron chi connectivity index (χ2n) is 7.33. The molecule has 2 aromatic rings. The molecule has 0 aromatic heterocycles. The number of benzene rings is 2. The molecule has 2 rings (SSSR count). The summed E-state index contributed by atoms with van der Waals surface area (Å²) in [5, 5.41) is 6.02. The Morgan fingerprint density at radius 1 is 1.00 bits per heavy atom. The summed E-state index contributed by atoms with van der Waals surface area (Å²) in [5.74, 6) is -0.151. The third kappa shape index (κ3) is 5.66. The maximum absolute atomic E-state index is 12.7. The van der Waals surface area contributed by atoms with Gasteiger partial charge in [0.2, 0.25) is 5.91 Å². The summed E-state index contributed by atoms with van der Waals surface area (Å²) in [4.78, 5) is 25.3. The summed E-state index contributed by atoms with van der Waals surface area (Å²) < 4.78 is 0. The van der Waals surface area contributed by atoms with Crippen LogP contribution in [0.1, 0.15) is 49.2 Å². The van der Waals surface area contributed by atoms with Gasteiger partial charge in [0.1, 0.15) is 0 Å². The van der Waals surface area contributed by atoms with E-state index in [-0.39, 0.29) is 24.2 Å². The minimum atomic E-state index is -0.484. The van der Waals surface area contributed by atoms with Gasteiger partial charge in [0.15, 0.2) is 0 Å². The van der Waals surface area contributed by atoms with Crippen LogP contribution in [0.5, 0.6) is 0 Å². The number of rotatable bonds is 8. The number of nitrogens with two attached hydrogens (primary N) is 1. The Morgan fingerprint density at radius 2 is 1.56 bits per heavy atom. The van der Waals surface area contributed by atoms with Crippen LogP contribution < -0.4 is 16.4 Å². The zero-order valence-electron chi connectivity index (χ0n) is 16.2. The van der Waals surface area contributed by atoms with Crippen LogP contribution in [-0.4, -0.2) is 23.9 Å². The molecule has 0 aliphatic carbocycles. The molecule has 2 amide bonds. The molecular weight excluding hydrogens is 338 g/mol. The number of carbonyl (C=O) groups excluding carboxylic acids is 2. The van der Waals surface area contributed by atoms with E-state index < -0.39 is 11.6 Å². The fourth-order valence-corrected chi connectivity index (χ4v) is 2.75. The van der Waals surface area contributed by atoms with Crippen molar-refractivity contribution in [3.63, 3.8) is 0 Å². The first-order valence-corrected chi connectivity index (χ1v) is 9.27. The molecule has 0 fully saturated rings. The highest BCUT2D eigenvalue weighted by Crippen LogP contribution is 2.20. The van der Waals surface area contributed by atoms with Crippen molar-refractivity contribution >= 4 is 11.8 Å². The molecular formula is C22H29N3O2. The van der Waals surface area contributed by atoms with Crippen molar-refractivity contribution in [3.8, 4) is 0 Å². The van der Waals surface area contributed by atoms with Crippen molar-refractivity contribution in [1.29, 1.82) is 0 Å². The van der Waals surface area contributed by atoms with Gasteiger partial charge in [-0.05, 0) is 30.5 Å². The molecule has 5 nitrogen and oxygen atoms in total. The van der Waals surface area contributed by atoms with Gasteiger partial charge in [-0.25, -0.2) is 0 Å². The Bertz CT molecular complexity index is 747. The molecule has 0 saturated heterocycles. The number of carbonyl (C=O) groups is 2. The molecule has 4 N–H and O–H groups in total. The van der Waals surface area contributed by atoms with Gasteiger partial charge in [-0.2, -0.15) is 0 Å². The molecule has 5 heteroatoms. The van der Waals surface area contributed by atoms with E-state index in [4.69, 9.17) is 5.73 Å². The topological polar surface area (TPSA) is 84.2 Å². The Labute approximate surface area is 161 Å². The summed E-state index contributed by atoms with van der Waals surface area (Å²) in [7, 11) is 0. The third-order valence-electron chi connectivity index (χ3n) is 5.06. The molecule has 0 spiro atoms. The first-order valence-electron chi connectivity index (χ1n) is 9.27. The van der Waals surface area contributed by atoms with E-state index in [1.807, 2.05) is 69.3 Å². The fourth-order valence-electron chi connectivity index (χ4n) is 2.75. The van der Waals surface area contributed by atoms with Crippen LogP contribution in [0.15, 0.2) is 60.7 Å². The lowest BCUT2D eigenvalue weighted by atomic mass is 9.88. The van der Waals surface area contributed by atoms with Gasteiger partial charge in [-0.1, -0.05) is 62.4 Å². The summed E-state index contributed by atoms with van der Waals surface area (Å²) in [6.45, 7) is 6.34. The van der Waals surface area contributed by atoms with E-state index >= 15 is 0 Å². The molecule has 0 aliphatic heterocycles. The summed E-state index contributed by atoms with van der Waals surface area (Å²) in [6, 6.07) is 18.1. The van der Waals surface area contributed by atoms with E-state index in [1.165, 1.54) is 0 Å². The van der Waals surface area contributed by atoms with E-state index in [2.05, 4.69) is 10.6 Å². The van der Waals surface area contributed by atoms with E-state index in [0.29, 0.717) is 12.1 Å². The van der Waals surface area contributed by atoms with E-state index in [1.54, 1.807) is 12.1 Å². The van der Waals surface area contributed by atoms with Crippen molar-refractivity contribution in [2.45, 2.75) is 38.8 Å². The van der Waals surface area contributed by atoms with Crippen molar-refractivity contribution < 1.29 is 9.59 Å². The SMILES string of the molecule is CC(C)C(C)(CN)NC(=O)CC(NC(=O)c1ccccc1)c1ccccc1. The molecule has 0 radical (unpaired) electrons. The van der Waals surface area contributed by atoms with Crippen molar-refractivity contribution in [3.05, 3.63) is 71.8 Å². The standard InChI is InChI=1S/C22H29N3O2/c1-16(2)22(3,15-23)25-20(26)14-19(17-10-6-4-7-11-17)24-21(27)18-12-8-5-9-13-18/h4-13,16,19H,14-15,23H2,1-3H3,(H,24,27)(H,25,26). The number of hydrogen-bond acceptors (Lipinski definition) is 3. The van der Waals surface area contributed by atoms with Crippen LogP contribution in [0.4, 0.5) is 0 Å². The lowest BCUT2D eigenvalue weighted by Gasteiger charge is -2.34. The summed E-state index contributed by atoms with van der Waals surface area (Å²) >= 11 is 0. The highest BCUT2D eigenvalue weighted by Gasteiger charge is 2.30. The molecule has 0 saturated carbocycles. The van der Waals surface area contributed by atoms with Gasteiger partial charge in [0, 0.05) is 12.1 Å². The maximum Gasteiger partial charge on any atom is 0.251 e. The first kappa shape index (κ1) is 20.6. The van der Waals surface area contributed by atoms with Crippen LogP contribution in [0.2, 0.25) is 0 Å². The summed E-state index contributed by atoms with van der Waals surface area (Å²) in [5.41, 5.74) is 6.83. The van der Waals surface area contributed by atoms with Gasteiger partial charge >= 0.3 is 0 Å². The van der Waals surface area contributed by atoms with Crippen LogP contribution in [0, 0.1) is 5.92 Å². The smallest absolute Gasteiger partial charge is 0.251 e. The molecule has 2 unspecified atom stereocenters. The average Bonchev–Trinajstić information content (AvgIpc) is 2.68. The van der Waals surface area contributed by atoms with Crippen LogP contribution in [-0.2, 0) is 4.79 Å². The molecule has 2 atom stereocenters. The van der Waals surface area contributed by atoms with Gasteiger partial charge in [0.25, 0.3) is 5.91 Å². The average molecular weight is 367 g/mol. The molecule has 27 heavy (non-hydrogen) atoms. The van der Waals surface area contributed by atoms with Crippen molar-refractivity contribution in [2.24, 2.45) is 11.7 Å². The Kier molecular flexibility index (Phi) is 7.13. The number of amides is 2. The molecule has 0 bridgehead atoms. The first-order chi connectivity index (χ1) is 12.9. The quantitative estimate of drug-likeness (QED) is 0.670. The van der Waals surface area contributed by atoms with Crippen LogP contribution in [0.3, 0.4) is 0 Å². The monoisotopic (exact) mass is 367 g/mol. The van der Waals surface area contributed by atoms with Crippen molar-refractivity contribution in [2.75, 3.05) is 6.54 Å². The third-order valence-corrected chi connectivity index (χ3v) is 5.06. The highest BCUT2D eigenvalue weighted by atomic mass is 16.2. The molecule has 144 valence electrons. The van der Waals surface area contributed by atoms with Crippen molar-refractivity contribution in [1.82, 2.24) is 10.6 Å². The normalized spacial score (nSPS) is 14.3. The van der Waals surface area contributed by atoms with Gasteiger partial charge < -0.3 is 16.4 Å². The largest absolute Gasteiger partial charge is 0.349 e. The molecule has 2 aromatic carbocycles. The second-order valence-corrected chi connectivity index (χ2v) is 7.33. The zero-order chi connectivity index (χ0) is 19.9. The van der Waals surface area contributed by atoms with Gasteiger partial charge in [-0.15, -0.1) is 0 Å². The minimum Gasteiger partial charge on any atom is -0.349 e. The van der Waals surface area contributed by atoms with Gasteiger partial charge in [0.05, 0.1) is 18.0 Å². The zero-order valence-corrected chi connectivity index (χ0v) is 16.2. The van der Waals surface area contributed by atoms with Crippen LogP contribution >= 0.6 is 0 Å².